The fraction of sp³-hybridized carbons (Fsp3) is 0.167. The molecule has 3 nitrogen and oxygen atoms in total. The Labute approximate surface area is 152 Å². The predicted octanol–water partition coefficient (Wildman–Crippen LogP) is 4.70. The molecule has 120 valence electrons. The van der Waals surface area contributed by atoms with E-state index in [1.807, 2.05) is 29.3 Å². The first-order valence-corrected chi connectivity index (χ1v) is 10.4. The van der Waals surface area contributed by atoms with Crippen molar-refractivity contribution in [1.29, 1.82) is 5.26 Å². The number of rotatable bonds is 2. The lowest BCUT2D eigenvalue weighted by molar-refractivity contribution is 0.288. The average Bonchev–Trinajstić information content (AvgIpc) is 3.28. The molecule has 4 heterocycles. The lowest BCUT2D eigenvalue weighted by atomic mass is 9.87. The molecule has 2 N–H and O–H groups in total. The molecule has 2 aromatic heterocycles. The Bertz CT molecular complexity index is 883. The second-order valence-electron chi connectivity index (χ2n) is 5.47. The average molecular weight is 371 g/mol. The lowest BCUT2D eigenvalue weighted by Crippen LogP contribution is -2.25. The number of hydrogen-bond donors (Lipinski definition) is 1. The van der Waals surface area contributed by atoms with Gasteiger partial charge in [0.1, 0.15) is 17.4 Å². The molecule has 24 heavy (non-hydrogen) atoms. The van der Waals surface area contributed by atoms with Crippen LogP contribution >= 0.6 is 34.4 Å². The molecule has 1 atom stereocenters. The third-order valence-electron chi connectivity index (χ3n) is 4.02. The number of allylic oxidation sites excluding steroid dienone is 2. The molecule has 0 bridgehead atoms. The zero-order valence-electron chi connectivity index (χ0n) is 12.7. The first-order valence-electron chi connectivity index (χ1n) is 7.44. The Morgan fingerprint density at radius 3 is 2.75 bits per heavy atom. The molecular formula is C18H14N2OS3. The molecule has 0 saturated carbocycles. The molecule has 0 spiro atoms. The number of ether oxygens (including phenoxy) is 1. The number of nitrogens with zero attached hydrogens (tertiary/aromatic N) is 1. The zero-order chi connectivity index (χ0) is 16.5. The summed E-state index contributed by atoms with van der Waals surface area (Å²) in [6, 6.07) is 10.5. The summed E-state index contributed by atoms with van der Waals surface area (Å²) >= 11 is 5.21. The van der Waals surface area contributed by atoms with Gasteiger partial charge in [-0.25, -0.2) is 0 Å². The van der Waals surface area contributed by atoms with E-state index in [-0.39, 0.29) is 11.8 Å². The third kappa shape index (κ3) is 2.69. The minimum Gasteiger partial charge on any atom is -0.440 e. The van der Waals surface area contributed by atoms with E-state index in [0.717, 1.165) is 33.3 Å². The molecule has 0 fully saturated rings. The highest BCUT2D eigenvalue weighted by atomic mass is 32.2. The summed E-state index contributed by atoms with van der Waals surface area (Å²) in [5.74, 6) is 2.76. The Kier molecular flexibility index (Phi) is 4.23. The zero-order valence-corrected chi connectivity index (χ0v) is 15.1. The summed E-state index contributed by atoms with van der Waals surface area (Å²) in [5.41, 5.74) is 8.92. The Morgan fingerprint density at radius 1 is 1.21 bits per heavy atom. The molecule has 4 rings (SSSR count). The van der Waals surface area contributed by atoms with Gasteiger partial charge in [-0.05, 0) is 34.5 Å². The van der Waals surface area contributed by atoms with Crippen LogP contribution in [0.4, 0.5) is 0 Å². The van der Waals surface area contributed by atoms with Crippen molar-refractivity contribution in [2.24, 2.45) is 5.73 Å². The number of nitrogens with two attached hydrogens (primary N) is 1. The van der Waals surface area contributed by atoms with Crippen molar-refractivity contribution in [1.82, 2.24) is 0 Å². The fourth-order valence-electron chi connectivity index (χ4n) is 2.98. The minimum atomic E-state index is -0.0849. The molecule has 1 unspecified atom stereocenters. The standard InChI is InChI=1S/C18H14N2OS3/c19-8-13-16(15-4-2-6-24-15)14-10-22-9-11(17(14)21-18(13)20)7-12-3-1-5-23-12/h1-7,16H,9-10,20H2/b11-7+. The highest BCUT2D eigenvalue weighted by Gasteiger charge is 2.36. The second kappa shape index (κ2) is 6.52. The van der Waals surface area contributed by atoms with E-state index < -0.39 is 0 Å². The van der Waals surface area contributed by atoms with Gasteiger partial charge in [-0.2, -0.15) is 17.0 Å². The first-order chi connectivity index (χ1) is 11.8. The first kappa shape index (κ1) is 15.6. The molecule has 2 aliphatic heterocycles. The van der Waals surface area contributed by atoms with Crippen LogP contribution in [0.5, 0.6) is 0 Å². The van der Waals surface area contributed by atoms with E-state index in [2.05, 4.69) is 29.7 Å². The number of nitriles is 1. The van der Waals surface area contributed by atoms with Crippen molar-refractivity contribution < 1.29 is 4.74 Å². The molecule has 2 aliphatic rings. The monoisotopic (exact) mass is 370 g/mol. The highest BCUT2D eigenvalue weighted by Crippen LogP contribution is 2.46. The van der Waals surface area contributed by atoms with E-state index in [0.29, 0.717) is 5.57 Å². The summed E-state index contributed by atoms with van der Waals surface area (Å²) in [6.07, 6.45) is 2.17. The predicted molar refractivity (Wildman–Crippen MR) is 102 cm³/mol. The molecule has 2 aromatic rings. The summed E-state index contributed by atoms with van der Waals surface area (Å²) in [6.45, 7) is 0. The van der Waals surface area contributed by atoms with E-state index in [4.69, 9.17) is 10.5 Å². The quantitative estimate of drug-likeness (QED) is 0.832. The summed E-state index contributed by atoms with van der Waals surface area (Å²) < 4.78 is 5.93. The lowest BCUT2D eigenvalue weighted by Gasteiger charge is -2.32. The molecule has 0 saturated heterocycles. The summed E-state index contributed by atoms with van der Waals surface area (Å²) in [5, 5.41) is 13.7. The van der Waals surface area contributed by atoms with Crippen LogP contribution in [0.15, 0.2) is 63.4 Å². The van der Waals surface area contributed by atoms with E-state index in [1.54, 1.807) is 22.7 Å². The van der Waals surface area contributed by atoms with Crippen LogP contribution in [0.1, 0.15) is 15.7 Å². The van der Waals surface area contributed by atoms with Crippen LogP contribution in [0.2, 0.25) is 0 Å². The van der Waals surface area contributed by atoms with Crippen molar-refractivity contribution in [3.05, 3.63) is 73.1 Å². The van der Waals surface area contributed by atoms with Gasteiger partial charge in [0.15, 0.2) is 0 Å². The number of hydrogen-bond acceptors (Lipinski definition) is 6. The van der Waals surface area contributed by atoms with Crippen LogP contribution in [-0.2, 0) is 4.74 Å². The van der Waals surface area contributed by atoms with Gasteiger partial charge in [0.25, 0.3) is 0 Å². The largest absolute Gasteiger partial charge is 0.440 e. The molecule has 0 radical (unpaired) electrons. The van der Waals surface area contributed by atoms with E-state index in [9.17, 15) is 5.26 Å². The van der Waals surface area contributed by atoms with Gasteiger partial charge in [-0.15, -0.1) is 22.7 Å². The van der Waals surface area contributed by atoms with Crippen LogP contribution in [0, 0.1) is 11.3 Å². The normalized spacial score (nSPS) is 22.3. The third-order valence-corrected chi connectivity index (χ3v) is 6.81. The highest BCUT2D eigenvalue weighted by molar-refractivity contribution is 7.99. The van der Waals surface area contributed by atoms with E-state index in [1.165, 1.54) is 4.88 Å². The van der Waals surface area contributed by atoms with Crippen LogP contribution in [-0.4, -0.2) is 11.5 Å². The SMILES string of the molecule is N#CC1=C(N)OC2=C(CSC/C2=C\c2cccs2)C1c1cccs1. The molecule has 0 amide bonds. The van der Waals surface area contributed by atoms with Gasteiger partial charge in [0.2, 0.25) is 5.88 Å². The van der Waals surface area contributed by atoms with Gasteiger partial charge in [-0.1, -0.05) is 12.1 Å². The smallest absolute Gasteiger partial charge is 0.205 e. The maximum absolute atomic E-state index is 9.59. The topological polar surface area (TPSA) is 59.0 Å². The summed E-state index contributed by atoms with van der Waals surface area (Å²) in [4.78, 5) is 2.34. The number of thiophene rings is 2. The number of thioether (sulfide) groups is 1. The fourth-order valence-corrected chi connectivity index (χ4v) is 5.58. The Hall–Kier alpha value is -1.94. The van der Waals surface area contributed by atoms with E-state index >= 15 is 0 Å². The van der Waals surface area contributed by atoms with Crippen molar-refractivity contribution in [3.8, 4) is 6.07 Å². The minimum absolute atomic E-state index is 0.0849. The molecule has 0 aromatic carbocycles. The van der Waals surface area contributed by atoms with Crippen molar-refractivity contribution >= 4 is 40.5 Å². The maximum Gasteiger partial charge on any atom is 0.205 e. The molecular weight excluding hydrogens is 356 g/mol. The Balaban J connectivity index is 1.84. The Morgan fingerprint density at radius 2 is 2.04 bits per heavy atom. The van der Waals surface area contributed by atoms with Gasteiger partial charge >= 0.3 is 0 Å². The van der Waals surface area contributed by atoms with Gasteiger partial charge in [0, 0.05) is 26.8 Å². The van der Waals surface area contributed by atoms with Gasteiger partial charge in [0.05, 0.1) is 5.92 Å². The van der Waals surface area contributed by atoms with Gasteiger partial charge in [-0.3, -0.25) is 0 Å². The molecule has 6 heteroatoms. The van der Waals surface area contributed by atoms with Crippen LogP contribution in [0.25, 0.3) is 6.08 Å². The van der Waals surface area contributed by atoms with Gasteiger partial charge < -0.3 is 10.5 Å². The van der Waals surface area contributed by atoms with Crippen molar-refractivity contribution in [3.63, 3.8) is 0 Å². The van der Waals surface area contributed by atoms with Crippen molar-refractivity contribution in [2.45, 2.75) is 5.92 Å². The molecule has 0 aliphatic carbocycles. The van der Waals surface area contributed by atoms with Crippen molar-refractivity contribution in [2.75, 3.05) is 11.5 Å². The summed E-state index contributed by atoms with van der Waals surface area (Å²) in [7, 11) is 0. The van der Waals surface area contributed by atoms with Crippen LogP contribution in [0.3, 0.4) is 0 Å². The van der Waals surface area contributed by atoms with Crippen LogP contribution < -0.4 is 5.73 Å². The second-order valence-corrected chi connectivity index (χ2v) is 8.42. The maximum atomic E-state index is 9.59.